The number of benzene rings is 1. The Balaban J connectivity index is 1.60. The summed E-state index contributed by atoms with van der Waals surface area (Å²) in [5.41, 5.74) is 1.97. The van der Waals surface area contributed by atoms with Crippen LogP contribution in [0.25, 0.3) is 0 Å². The summed E-state index contributed by atoms with van der Waals surface area (Å²) in [6.07, 6.45) is 3.71. The zero-order valence-electron chi connectivity index (χ0n) is 12.0. The number of pyridine rings is 1. The van der Waals surface area contributed by atoms with Crippen LogP contribution in [0.2, 0.25) is 0 Å². The number of rotatable bonds is 5. The molecule has 108 valence electrons. The van der Waals surface area contributed by atoms with Crippen LogP contribution in [0.3, 0.4) is 0 Å². The van der Waals surface area contributed by atoms with Gasteiger partial charge in [-0.15, -0.1) is 0 Å². The highest BCUT2D eigenvalue weighted by atomic mass is 16.2. The zero-order valence-corrected chi connectivity index (χ0v) is 12.0. The Morgan fingerprint density at radius 1 is 1.19 bits per heavy atom. The largest absolute Gasteiger partial charge is 0.364 e. The van der Waals surface area contributed by atoms with E-state index in [1.807, 2.05) is 30.3 Å². The molecule has 1 unspecified atom stereocenters. The predicted octanol–water partition coefficient (Wildman–Crippen LogP) is 3.60. The standard InChI is InChI=1S/C17H19N3O/c1-12(13-5-3-2-4-6-13)19-16-10-9-15(11-18-16)20-17(21)14-7-8-14/h2-6,9-12,14H,7-8H2,1H3,(H,18,19)(H,20,21). The Bertz CT molecular complexity index is 606. The van der Waals surface area contributed by atoms with Crippen molar-refractivity contribution in [2.45, 2.75) is 25.8 Å². The van der Waals surface area contributed by atoms with E-state index in [9.17, 15) is 4.79 Å². The third-order valence-corrected chi connectivity index (χ3v) is 3.64. The van der Waals surface area contributed by atoms with Crippen LogP contribution in [-0.4, -0.2) is 10.9 Å². The summed E-state index contributed by atoms with van der Waals surface area (Å²) in [6.45, 7) is 2.10. The molecule has 2 aromatic rings. The van der Waals surface area contributed by atoms with Crippen molar-refractivity contribution in [3.8, 4) is 0 Å². The second-order valence-corrected chi connectivity index (χ2v) is 5.47. The number of carbonyl (C=O) groups excluding carboxylic acids is 1. The fraction of sp³-hybridized carbons (Fsp3) is 0.294. The normalized spacial score (nSPS) is 15.3. The first-order chi connectivity index (χ1) is 10.2. The fourth-order valence-electron chi connectivity index (χ4n) is 2.19. The zero-order chi connectivity index (χ0) is 14.7. The Kier molecular flexibility index (Phi) is 3.86. The number of nitrogens with zero attached hydrogens (tertiary/aromatic N) is 1. The molecule has 0 spiro atoms. The summed E-state index contributed by atoms with van der Waals surface area (Å²) in [5.74, 6) is 1.12. The van der Waals surface area contributed by atoms with Gasteiger partial charge in [0, 0.05) is 12.0 Å². The molecule has 4 heteroatoms. The van der Waals surface area contributed by atoms with Crippen molar-refractivity contribution in [2.24, 2.45) is 5.92 Å². The van der Waals surface area contributed by atoms with Gasteiger partial charge in [0.1, 0.15) is 5.82 Å². The molecule has 1 aromatic carbocycles. The Morgan fingerprint density at radius 3 is 2.57 bits per heavy atom. The van der Waals surface area contributed by atoms with Crippen molar-refractivity contribution in [2.75, 3.05) is 10.6 Å². The molecule has 1 fully saturated rings. The summed E-state index contributed by atoms with van der Waals surface area (Å²) >= 11 is 0. The lowest BCUT2D eigenvalue weighted by Gasteiger charge is -2.15. The molecule has 1 atom stereocenters. The lowest BCUT2D eigenvalue weighted by Crippen LogP contribution is -2.13. The lowest BCUT2D eigenvalue weighted by atomic mass is 10.1. The fourth-order valence-corrected chi connectivity index (χ4v) is 2.19. The molecule has 21 heavy (non-hydrogen) atoms. The molecule has 1 aliphatic rings. The van der Waals surface area contributed by atoms with Crippen molar-refractivity contribution in [3.63, 3.8) is 0 Å². The molecule has 1 saturated carbocycles. The molecule has 0 aliphatic heterocycles. The van der Waals surface area contributed by atoms with Crippen LogP contribution < -0.4 is 10.6 Å². The summed E-state index contributed by atoms with van der Waals surface area (Å²) < 4.78 is 0. The molecule has 1 aliphatic carbocycles. The van der Waals surface area contributed by atoms with Gasteiger partial charge in [0.05, 0.1) is 11.9 Å². The van der Waals surface area contributed by atoms with Crippen LogP contribution in [0.4, 0.5) is 11.5 Å². The summed E-state index contributed by atoms with van der Waals surface area (Å²) in [6, 6.07) is 14.2. The number of hydrogen-bond acceptors (Lipinski definition) is 3. The quantitative estimate of drug-likeness (QED) is 0.880. The highest BCUT2D eigenvalue weighted by Gasteiger charge is 2.29. The van der Waals surface area contributed by atoms with E-state index in [2.05, 4.69) is 34.7 Å². The van der Waals surface area contributed by atoms with Crippen LogP contribution >= 0.6 is 0 Å². The van der Waals surface area contributed by atoms with Gasteiger partial charge in [0.2, 0.25) is 5.91 Å². The molecule has 0 bridgehead atoms. The SMILES string of the molecule is CC(Nc1ccc(NC(=O)C2CC2)cn1)c1ccccc1. The third kappa shape index (κ3) is 3.60. The number of anilines is 2. The van der Waals surface area contributed by atoms with Gasteiger partial charge in [-0.3, -0.25) is 4.79 Å². The van der Waals surface area contributed by atoms with Gasteiger partial charge in [-0.25, -0.2) is 4.98 Å². The van der Waals surface area contributed by atoms with E-state index in [4.69, 9.17) is 0 Å². The first-order valence-electron chi connectivity index (χ1n) is 7.31. The van der Waals surface area contributed by atoms with Crippen molar-refractivity contribution in [1.82, 2.24) is 4.98 Å². The molecule has 1 aromatic heterocycles. The van der Waals surface area contributed by atoms with E-state index in [1.165, 1.54) is 5.56 Å². The van der Waals surface area contributed by atoms with E-state index in [0.717, 1.165) is 24.3 Å². The highest BCUT2D eigenvalue weighted by Crippen LogP contribution is 2.30. The third-order valence-electron chi connectivity index (χ3n) is 3.64. The van der Waals surface area contributed by atoms with Crippen LogP contribution in [0.15, 0.2) is 48.7 Å². The Morgan fingerprint density at radius 2 is 1.95 bits per heavy atom. The monoisotopic (exact) mass is 281 g/mol. The lowest BCUT2D eigenvalue weighted by molar-refractivity contribution is -0.117. The molecule has 1 heterocycles. The van der Waals surface area contributed by atoms with E-state index in [-0.39, 0.29) is 17.9 Å². The van der Waals surface area contributed by atoms with Crippen molar-refractivity contribution >= 4 is 17.4 Å². The van der Waals surface area contributed by atoms with Crippen LogP contribution in [0, 0.1) is 5.92 Å². The first-order valence-corrected chi connectivity index (χ1v) is 7.31. The van der Waals surface area contributed by atoms with Gasteiger partial charge in [-0.1, -0.05) is 30.3 Å². The second kappa shape index (κ2) is 5.95. The number of carbonyl (C=O) groups is 1. The van der Waals surface area contributed by atoms with Gasteiger partial charge < -0.3 is 10.6 Å². The van der Waals surface area contributed by atoms with Crippen LogP contribution in [0.1, 0.15) is 31.4 Å². The van der Waals surface area contributed by atoms with Crippen LogP contribution in [0.5, 0.6) is 0 Å². The maximum absolute atomic E-state index is 11.7. The average molecular weight is 281 g/mol. The maximum atomic E-state index is 11.7. The predicted molar refractivity (Wildman–Crippen MR) is 84.1 cm³/mol. The minimum atomic E-state index is 0.107. The smallest absolute Gasteiger partial charge is 0.227 e. The number of hydrogen-bond donors (Lipinski definition) is 2. The van der Waals surface area contributed by atoms with Crippen molar-refractivity contribution in [3.05, 3.63) is 54.2 Å². The first kappa shape index (κ1) is 13.6. The summed E-state index contributed by atoms with van der Waals surface area (Å²) in [4.78, 5) is 16.0. The maximum Gasteiger partial charge on any atom is 0.227 e. The molecular formula is C17H19N3O. The molecular weight excluding hydrogens is 262 g/mol. The molecule has 1 amide bonds. The van der Waals surface area contributed by atoms with Gasteiger partial charge in [-0.05, 0) is 37.5 Å². The van der Waals surface area contributed by atoms with E-state index >= 15 is 0 Å². The topological polar surface area (TPSA) is 54.0 Å². The molecule has 0 radical (unpaired) electrons. The minimum Gasteiger partial charge on any atom is -0.364 e. The average Bonchev–Trinajstić information content (AvgIpc) is 3.35. The molecule has 2 N–H and O–H groups in total. The van der Waals surface area contributed by atoms with E-state index in [1.54, 1.807) is 6.20 Å². The van der Waals surface area contributed by atoms with E-state index in [0.29, 0.717) is 0 Å². The highest BCUT2D eigenvalue weighted by molar-refractivity contribution is 5.93. The van der Waals surface area contributed by atoms with Gasteiger partial charge in [0.25, 0.3) is 0 Å². The van der Waals surface area contributed by atoms with Gasteiger partial charge in [-0.2, -0.15) is 0 Å². The number of aromatic nitrogens is 1. The van der Waals surface area contributed by atoms with E-state index < -0.39 is 0 Å². The molecule has 4 nitrogen and oxygen atoms in total. The number of nitrogens with one attached hydrogen (secondary N) is 2. The van der Waals surface area contributed by atoms with Crippen molar-refractivity contribution in [1.29, 1.82) is 0 Å². The van der Waals surface area contributed by atoms with Crippen LogP contribution in [-0.2, 0) is 4.79 Å². The number of amides is 1. The summed E-state index contributed by atoms with van der Waals surface area (Å²) in [7, 11) is 0. The van der Waals surface area contributed by atoms with Crippen molar-refractivity contribution < 1.29 is 4.79 Å². The molecule has 0 saturated heterocycles. The van der Waals surface area contributed by atoms with Gasteiger partial charge >= 0.3 is 0 Å². The Hall–Kier alpha value is -2.36. The Labute approximate surface area is 124 Å². The molecule has 3 rings (SSSR count). The summed E-state index contributed by atoms with van der Waals surface area (Å²) in [5, 5.41) is 6.24. The van der Waals surface area contributed by atoms with Gasteiger partial charge in [0.15, 0.2) is 0 Å². The minimum absolute atomic E-state index is 0.107. The second-order valence-electron chi connectivity index (χ2n) is 5.47.